The van der Waals surface area contributed by atoms with Gasteiger partial charge in [0, 0.05) is 0 Å². The van der Waals surface area contributed by atoms with Gasteiger partial charge in [-0.25, -0.2) is 0 Å². The van der Waals surface area contributed by atoms with E-state index in [1.807, 2.05) is 7.05 Å². The monoisotopic (exact) mass is 187 g/mol. The van der Waals surface area contributed by atoms with Crippen molar-refractivity contribution in [2.75, 3.05) is 13.6 Å². The van der Waals surface area contributed by atoms with Crippen LogP contribution in [0.25, 0.3) is 0 Å². The van der Waals surface area contributed by atoms with Gasteiger partial charge in [-0.1, -0.05) is 59.3 Å². The molecule has 82 valence electrons. The molecule has 0 saturated carbocycles. The summed E-state index contributed by atoms with van der Waals surface area (Å²) in [6, 6.07) is 0. The third kappa shape index (κ3) is 24.5. The molecule has 1 nitrogen and oxygen atoms in total. The largest absolute Gasteiger partial charge is 0.320 e. The van der Waals surface area contributed by atoms with Crippen LogP contribution in [-0.2, 0) is 0 Å². The third-order valence-corrected chi connectivity index (χ3v) is 2.03. The van der Waals surface area contributed by atoms with Crippen molar-refractivity contribution < 1.29 is 0 Å². The molecule has 0 saturated heterocycles. The second-order valence-corrected chi connectivity index (χ2v) is 3.52. The topological polar surface area (TPSA) is 12.0 Å². The first-order chi connectivity index (χ1) is 6.33. The van der Waals surface area contributed by atoms with Crippen LogP contribution in [0.2, 0.25) is 0 Å². The van der Waals surface area contributed by atoms with Crippen LogP contribution in [0.5, 0.6) is 0 Å². The second kappa shape index (κ2) is 17.9. The molecule has 13 heavy (non-hydrogen) atoms. The summed E-state index contributed by atoms with van der Waals surface area (Å²) in [5.74, 6) is 0. The van der Waals surface area contributed by atoms with E-state index in [2.05, 4.69) is 26.1 Å². The molecule has 0 amide bonds. The zero-order chi connectivity index (χ0) is 10.4. The maximum absolute atomic E-state index is 3.14. The Kier molecular flexibility index (Phi) is 21.2. The first kappa shape index (κ1) is 15.4. The summed E-state index contributed by atoms with van der Waals surface area (Å²) < 4.78 is 0. The van der Waals surface area contributed by atoms with Gasteiger partial charge in [0.1, 0.15) is 0 Å². The standard InChI is InChI=1S/C8H19N.C4H10/c1-3-4-5-6-7-8-9-2;1-3-4-2/h9H,3-8H2,1-2H3;3-4H2,1-2H3. The Balaban J connectivity index is 0. The molecule has 0 radical (unpaired) electrons. The summed E-state index contributed by atoms with van der Waals surface area (Å²) in [5, 5.41) is 3.14. The van der Waals surface area contributed by atoms with Crippen LogP contribution in [0.15, 0.2) is 0 Å². The lowest BCUT2D eigenvalue weighted by Gasteiger charge is -1.97. The van der Waals surface area contributed by atoms with Crippen molar-refractivity contribution in [1.29, 1.82) is 0 Å². The van der Waals surface area contributed by atoms with Crippen LogP contribution in [0.4, 0.5) is 0 Å². The van der Waals surface area contributed by atoms with Crippen LogP contribution in [0.3, 0.4) is 0 Å². The highest BCUT2D eigenvalue weighted by Crippen LogP contribution is 2.00. The molecular weight excluding hydrogens is 158 g/mol. The molecule has 0 aromatic heterocycles. The molecule has 0 rings (SSSR count). The Labute approximate surface area is 85.3 Å². The zero-order valence-corrected chi connectivity index (χ0v) is 10.2. The van der Waals surface area contributed by atoms with Crippen molar-refractivity contribution in [3.8, 4) is 0 Å². The predicted octanol–water partition coefficient (Wildman–Crippen LogP) is 3.98. The fourth-order valence-corrected chi connectivity index (χ4v) is 0.905. The highest BCUT2D eigenvalue weighted by atomic mass is 14.8. The van der Waals surface area contributed by atoms with E-state index in [1.165, 1.54) is 51.5 Å². The molecular formula is C12H29N. The molecule has 1 heteroatoms. The van der Waals surface area contributed by atoms with Gasteiger partial charge in [0.2, 0.25) is 0 Å². The lowest BCUT2D eigenvalue weighted by molar-refractivity contribution is 0.610. The Morgan fingerprint density at radius 2 is 1.23 bits per heavy atom. The summed E-state index contributed by atoms with van der Waals surface area (Å²) in [6.07, 6.45) is 9.55. The Bertz CT molecular complexity index is 54.1. The number of unbranched alkanes of at least 4 members (excludes halogenated alkanes) is 5. The van der Waals surface area contributed by atoms with E-state index in [0.717, 1.165) is 0 Å². The highest BCUT2D eigenvalue weighted by molar-refractivity contribution is 4.43. The van der Waals surface area contributed by atoms with E-state index in [-0.39, 0.29) is 0 Å². The maximum atomic E-state index is 3.14. The van der Waals surface area contributed by atoms with E-state index >= 15 is 0 Å². The zero-order valence-electron chi connectivity index (χ0n) is 10.2. The van der Waals surface area contributed by atoms with Gasteiger partial charge >= 0.3 is 0 Å². The first-order valence-corrected chi connectivity index (χ1v) is 5.97. The second-order valence-electron chi connectivity index (χ2n) is 3.52. The molecule has 0 spiro atoms. The summed E-state index contributed by atoms with van der Waals surface area (Å²) >= 11 is 0. The van der Waals surface area contributed by atoms with Crippen LogP contribution < -0.4 is 5.32 Å². The minimum absolute atomic E-state index is 1.18. The highest BCUT2D eigenvalue weighted by Gasteiger charge is 1.85. The fraction of sp³-hybridized carbons (Fsp3) is 1.00. The van der Waals surface area contributed by atoms with Gasteiger partial charge in [-0.3, -0.25) is 0 Å². The van der Waals surface area contributed by atoms with Gasteiger partial charge in [0.25, 0.3) is 0 Å². The molecule has 0 aromatic rings. The molecule has 0 aliphatic heterocycles. The van der Waals surface area contributed by atoms with Crippen molar-refractivity contribution in [2.45, 2.75) is 65.7 Å². The van der Waals surface area contributed by atoms with Crippen molar-refractivity contribution >= 4 is 0 Å². The lowest BCUT2D eigenvalue weighted by Crippen LogP contribution is -2.06. The molecule has 0 unspecified atom stereocenters. The summed E-state index contributed by atoms with van der Waals surface area (Å²) in [6.45, 7) is 7.79. The van der Waals surface area contributed by atoms with E-state index in [4.69, 9.17) is 0 Å². The molecule has 0 aliphatic rings. The van der Waals surface area contributed by atoms with E-state index in [1.54, 1.807) is 0 Å². The predicted molar refractivity (Wildman–Crippen MR) is 63.3 cm³/mol. The maximum Gasteiger partial charge on any atom is -0.00519 e. The quantitative estimate of drug-likeness (QED) is 0.594. The van der Waals surface area contributed by atoms with E-state index in [0.29, 0.717) is 0 Å². The number of hydrogen-bond acceptors (Lipinski definition) is 1. The van der Waals surface area contributed by atoms with Crippen LogP contribution in [0, 0.1) is 0 Å². The number of nitrogens with one attached hydrogen (secondary N) is 1. The fourth-order valence-electron chi connectivity index (χ4n) is 0.905. The lowest BCUT2D eigenvalue weighted by atomic mass is 10.1. The average Bonchev–Trinajstić information content (AvgIpc) is 2.18. The molecule has 0 aliphatic carbocycles. The Hall–Kier alpha value is -0.0400. The van der Waals surface area contributed by atoms with Gasteiger partial charge in [0.15, 0.2) is 0 Å². The van der Waals surface area contributed by atoms with Crippen molar-refractivity contribution in [1.82, 2.24) is 5.32 Å². The summed E-state index contributed by atoms with van der Waals surface area (Å²) in [4.78, 5) is 0. The van der Waals surface area contributed by atoms with Gasteiger partial charge in [-0.15, -0.1) is 0 Å². The van der Waals surface area contributed by atoms with E-state index in [9.17, 15) is 0 Å². The number of rotatable bonds is 7. The normalized spacial score (nSPS) is 9.23. The minimum atomic E-state index is 1.18. The molecule has 0 atom stereocenters. The Morgan fingerprint density at radius 3 is 1.62 bits per heavy atom. The van der Waals surface area contributed by atoms with Gasteiger partial charge in [-0.05, 0) is 20.0 Å². The van der Waals surface area contributed by atoms with Gasteiger partial charge in [0.05, 0.1) is 0 Å². The molecule has 0 heterocycles. The summed E-state index contributed by atoms with van der Waals surface area (Å²) in [5.41, 5.74) is 0. The molecule has 0 aromatic carbocycles. The summed E-state index contributed by atoms with van der Waals surface area (Å²) in [7, 11) is 2.01. The van der Waals surface area contributed by atoms with Crippen molar-refractivity contribution in [3.63, 3.8) is 0 Å². The smallest absolute Gasteiger partial charge is 0.00519 e. The van der Waals surface area contributed by atoms with E-state index < -0.39 is 0 Å². The average molecular weight is 187 g/mol. The van der Waals surface area contributed by atoms with Crippen molar-refractivity contribution in [2.24, 2.45) is 0 Å². The SMILES string of the molecule is CCCC.CCCCCCCNC. The minimum Gasteiger partial charge on any atom is -0.320 e. The molecule has 1 N–H and O–H groups in total. The first-order valence-electron chi connectivity index (χ1n) is 5.97. The third-order valence-electron chi connectivity index (χ3n) is 2.03. The number of hydrogen-bond donors (Lipinski definition) is 1. The van der Waals surface area contributed by atoms with Gasteiger partial charge in [-0.2, -0.15) is 0 Å². The van der Waals surface area contributed by atoms with Crippen LogP contribution in [0.1, 0.15) is 65.7 Å². The van der Waals surface area contributed by atoms with Gasteiger partial charge < -0.3 is 5.32 Å². The molecule has 0 fully saturated rings. The van der Waals surface area contributed by atoms with Crippen molar-refractivity contribution in [3.05, 3.63) is 0 Å². The van der Waals surface area contributed by atoms with Crippen LogP contribution in [-0.4, -0.2) is 13.6 Å². The molecule has 0 bridgehead atoms. The Morgan fingerprint density at radius 1 is 0.692 bits per heavy atom. The van der Waals surface area contributed by atoms with Crippen LogP contribution >= 0.6 is 0 Å².